The van der Waals surface area contributed by atoms with Crippen molar-refractivity contribution in [2.24, 2.45) is 0 Å². The molecule has 8 nitrogen and oxygen atoms in total. The van der Waals surface area contributed by atoms with Gasteiger partial charge in [-0.05, 0) is 25.7 Å². The average molecular weight is 401 g/mol. The van der Waals surface area contributed by atoms with E-state index in [-0.39, 0.29) is 24.7 Å². The average Bonchev–Trinajstić information content (AvgIpc) is 2.63. The van der Waals surface area contributed by atoms with E-state index >= 15 is 0 Å². The van der Waals surface area contributed by atoms with E-state index in [1.54, 1.807) is 0 Å². The smallest absolute Gasteiger partial charge is 0.303 e. The summed E-state index contributed by atoms with van der Waals surface area (Å²) in [5, 5.41) is 22.5. The van der Waals surface area contributed by atoms with Gasteiger partial charge in [-0.25, -0.2) is 0 Å². The zero-order valence-corrected chi connectivity index (χ0v) is 16.8. The van der Waals surface area contributed by atoms with Gasteiger partial charge in [0.25, 0.3) is 0 Å². The Kier molecular flexibility index (Phi) is 16.9. The molecule has 28 heavy (non-hydrogen) atoms. The van der Waals surface area contributed by atoms with Crippen molar-refractivity contribution in [3.05, 3.63) is 0 Å². The lowest BCUT2D eigenvalue weighted by molar-refractivity contribution is -0.138. The van der Waals surface area contributed by atoms with E-state index in [2.05, 4.69) is 10.6 Å². The van der Waals surface area contributed by atoms with Gasteiger partial charge in [0, 0.05) is 38.8 Å². The van der Waals surface area contributed by atoms with E-state index < -0.39 is 11.9 Å². The van der Waals surface area contributed by atoms with Crippen LogP contribution < -0.4 is 10.6 Å². The summed E-state index contributed by atoms with van der Waals surface area (Å²) in [6.45, 7) is 0.844. The van der Waals surface area contributed by atoms with Crippen molar-refractivity contribution in [2.45, 2.75) is 89.9 Å². The first kappa shape index (κ1) is 25.9. The number of amides is 2. The number of carbonyl (C=O) groups excluding carboxylic acids is 2. The molecule has 0 unspecified atom stereocenters. The predicted octanol–water partition coefficient (Wildman–Crippen LogP) is 2.85. The zero-order chi connectivity index (χ0) is 21.0. The second-order valence-corrected chi connectivity index (χ2v) is 7.02. The SMILES string of the molecule is O=C(O)CCCNC(=O)CCCCCCCCCCC(=O)NCCCC(=O)O. The second-order valence-electron chi connectivity index (χ2n) is 7.02. The number of carboxylic acid groups (broad SMARTS) is 2. The quantitative estimate of drug-likeness (QED) is 0.246. The summed E-state index contributed by atoms with van der Waals surface area (Å²) < 4.78 is 0. The predicted molar refractivity (Wildman–Crippen MR) is 106 cm³/mol. The zero-order valence-electron chi connectivity index (χ0n) is 16.8. The van der Waals surface area contributed by atoms with Gasteiger partial charge in [0.15, 0.2) is 0 Å². The number of rotatable bonds is 19. The van der Waals surface area contributed by atoms with Crippen molar-refractivity contribution in [1.82, 2.24) is 10.6 Å². The highest BCUT2D eigenvalue weighted by Crippen LogP contribution is 2.10. The summed E-state index contributed by atoms with van der Waals surface area (Å²) in [6, 6.07) is 0. The minimum Gasteiger partial charge on any atom is -0.481 e. The Labute approximate surface area is 167 Å². The Bertz CT molecular complexity index is 426. The molecule has 8 heteroatoms. The topological polar surface area (TPSA) is 133 Å². The molecule has 0 saturated heterocycles. The molecule has 4 N–H and O–H groups in total. The van der Waals surface area contributed by atoms with Crippen LogP contribution in [-0.2, 0) is 19.2 Å². The number of carbonyl (C=O) groups is 4. The first-order chi connectivity index (χ1) is 13.4. The molecule has 2 amide bonds. The van der Waals surface area contributed by atoms with Crippen LogP contribution in [0.25, 0.3) is 0 Å². The van der Waals surface area contributed by atoms with Gasteiger partial charge >= 0.3 is 11.9 Å². The van der Waals surface area contributed by atoms with Crippen molar-refractivity contribution in [2.75, 3.05) is 13.1 Å². The van der Waals surface area contributed by atoms with Gasteiger partial charge in [-0.3, -0.25) is 19.2 Å². The normalized spacial score (nSPS) is 10.4. The number of nitrogens with one attached hydrogen (secondary N) is 2. The molecule has 0 aliphatic carbocycles. The van der Waals surface area contributed by atoms with Crippen LogP contribution in [0.1, 0.15) is 89.9 Å². The summed E-state index contributed by atoms with van der Waals surface area (Å²) in [4.78, 5) is 43.8. The van der Waals surface area contributed by atoms with Gasteiger partial charge in [-0.1, -0.05) is 38.5 Å². The molecule has 0 rings (SSSR count). The third-order valence-electron chi connectivity index (χ3n) is 4.34. The van der Waals surface area contributed by atoms with Crippen LogP contribution in [0.3, 0.4) is 0 Å². The fraction of sp³-hybridized carbons (Fsp3) is 0.800. The Morgan fingerprint density at radius 1 is 0.464 bits per heavy atom. The third kappa shape index (κ3) is 20.2. The molecule has 0 saturated carbocycles. The lowest BCUT2D eigenvalue weighted by atomic mass is 10.1. The second kappa shape index (κ2) is 18.3. The van der Waals surface area contributed by atoms with Crippen molar-refractivity contribution < 1.29 is 29.4 Å². The van der Waals surface area contributed by atoms with Crippen LogP contribution >= 0.6 is 0 Å². The van der Waals surface area contributed by atoms with Crippen molar-refractivity contribution in [3.8, 4) is 0 Å². The number of hydrogen-bond donors (Lipinski definition) is 4. The Morgan fingerprint density at radius 2 is 0.786 bits per heavy atom. The van der Waals surface area contributed by atoms with Crippen molar-refractivity contribution in [1.29, 1.82) is 0 Å². The summed E-state index contributed by atoms with van der Waals surface area (Å²) in [7, 11) is 0. The lowest BCUT2D eigenvalue weighted by Gasteiger charge is -2.05. The summed E-state index contributed by atoms with van der Waals surface area (Å²) >= 11 is 0. The van der Waals surface area contributed by atoms with Crippen LogP contribution in [0.15, 0.2) is 0 Å². The van der Waals surface area contributed by atoms with Crippen LogP contribution in [0.5, 0.6) is 0 Å². The van der Waals surface area contributed by atoms with Crippen LogP contribution in [0.4, 0.5) is 0 Å². The molecular formula is C20H36N2O6. The van der Waals surface area contributed by atoms with Crippen molar-refractivity contribution >= 4 is 23.8 Å². The van der Waals surface area contributed by atoms with Crippen LogP contribution in [0, 0.1) is 0 Å². The highest BCUT2D eigenvalue weighted by atomic mass is 16.4. The molecule has 0 radical (unpaired) electrons. The molecule has 162 valence electrons. The number of hydrogen-bond acceptors (Lipinski definition) is 4. The van der Waals surface area contributed by atoms with E-state index in [0.717, 1.165) is 51.4 Å². The monoisotopic (exact) mass is 400 g/mol. The standard InChI is InChI=1S/C20H36N2O6/c23-17(21-15-9-13-19(25)26)11-7-5-3-1-2-4-6-8-12-18(24)22-16-10-14-20(27)28/h1-16H2,(H,21,23)(H,22,24)(H,25,26)(H,27,28). The van der Waals surface area contributed by atoms with Crippen LogP contribution in [0.2, 0.25) is 0 Å². The number of unbranched alkanes of at least 4 members (excludes halogenated alkanes) is 7. The van der Waals surface area contributed by atoms with E-state index in [1.807, 2.05) is 0 Å². The Balaban J connectivity index is 3.28. The fourth-order valence-electron chi connectivity index (χ4n) is 2.74. The minimum absolute atomic E-state index is 0.00775. The maximum absolute atomic E-state index is 11.5. The van der Waals surface area contributed by atoms with Gasteiger partial charge in [0.2, 0.25) is 11.8 Å². The van der Waals surface area contributed by atoms with E-state index in [4.69, 9.17) is 10.2 Å². The first-order valence-corrected chi connectivity index (χ1v) is 10.4. The maximum Gasteiger partial charge on any atom is 0.303 e. The summed E-state index contributed by atoms with van der Waals surface area (Å²) in [5.41, 5.74) is 0. The summed E-state index contributed by atoms with van der Waals surface area (Å²) in [6.07, 6.45) is 10.3. The minimum atomic E-state index is -0.842. The molecule has 0 atom stereocenters. The van der Waals surface area contributed by atoms with Gasteiger partial charge < -0.3 is 20.8 Å². The lowest BCUT2D eigenvalue weighted by Crippen LogP contribution is -2.24. The van der Waals surface area contributed by atoms with Gasteiger partial charge in [-0.2, -0.15) is 0 Å². The molecule has 0 heterocycles. The molecule has 0 spiro atoms. The number of aliphatic carboxylic acids is 2. The molecule has 0 aromatic carbocycles. The third-order valence-corrected chi connectivity index (χ3v) is 4.34. The molecule has 0 fully saturated rings. The van der Waals surface area contributed by atoms with E-state index in [1.165, 1.54) is 0 Å². The molecular weight excluding hydrogens is 364 g/mol. The van der Waals surface area contributed by atoms with E-state index in [9.17, 15) is 19.2 Å². The van der Waals surface area contributed by atoms with Crippen molar-refractivity contribution in [3.63, 3.8) is 0 Å². The van der Waals surface area contributed by atoms with Gasteiger partial charge in [0.05, 0.1) is 0 Å². The van der Waals surface area contributed by atoms with Crippen LogP contribution in [-0.4, -0.2) is 47.1 Å². The number of carboxylic acids is 2. The molecule has 0 aliphatic rings. The Morgan fingerprint density at radius 3 is 1.11 bits per heavy atom. The fourth-order valence-corrected chi connectivity index (χ4v) is 2.74. The molecule has 0 aromatic rings. The molecule has 0 aliphatic heterocycles. The highest BCUT2D eigenvalue weighted by molar-refractivity contribution is 5.76. The summed E-state index contributed by atoms with van der Waals surface area (Å²) in [5.74, 6) is -1.70. The van der Waals surface area contributed by atoms with Gasteiger partial charge in [-0.15, -0.1) is 0 Å². The highest BCUT2D eigenvalue weighted by Gasteiger charge is 2.03. The largest absolute Gasteiger partial charge is 0.481 e. The maximum atomic E-state index is 11.5. The Hall–Kier alpha value is -2.12. The van der Waals surface area contributed by atoms with Gasteiger partial charge in [0.1, 0.15) is 0 Å². The molecule has 0 bridgehead atoms. The first-order valence-electron chi connectivity index (χ1n) is 10.4. The van der Waals surface area contributed by atoms with E-state index in [0.29, 0.717) is 38.8 Å². The molecule has 0 aromatic heterocycles.